The summed E-state index contributed by atoms with van der Waals surface area (Å²) < 4.78 is 2.22. The first-order chi connectivity index (χ1) is 6.68. The Labute approximate surface area is 93.3 Å². The van der Waals surface area contributed by atoms with Crippen LogP contribution in [0.1, 0.15) is 0 Å². The van der Waals surface area contributed by atoms with Gasteiger partial charge in [0.25, 0.3) is 0 Å². The second-order valence-corrected chi connectivity index (χ2v) is 4.01. The Morgan fingerprint density at radius 3 is 2.79 bits per heavy atom. The topological polar surface area (TPSA) is 58.0 Å². The van der Waals surface area contributed by atoms with E-state index >= 15 is 0 Å². The molecule has 0 fully saturated rings. The van der Waals surface area contributed by atoms with Crippen molar-refractivity contribution in [3.8, 4) is 11.6 Å². The van der Waals surface area contributed by atoms with Crippen LogP contribution in [-0.4, -0.2) is 14.7 Å². The van der Waals surface area contributed by atoms with Crippen molar-refractivity contribution >= 4 is 22.6 Å². The SMILES string of the molecule is O=c1[nH]cc(O)n1-c1cccc(I)c1. The fourth-order valence-electron chi connectivity index (χ4n) is 1.22. The molecular weight excluding hydrogens is 295 g/mol. The highest BCUT2D eigenvalue weighted by molar-refractivity contribution is 14.1. The summed E-state index contributed by atoms with van der Waals surface area (Å²) in [6.45, 7) is 0. The van der Waals surface area contributed by atoms with E-state index < -0.39 is 0 Å². The molecule has 0 aliphatic rings. The smallest absolute Gasteiger partial charge is 0.333 e. The van der Waals surface area contributed by atoms with Crippen LogP contribution in [0.2, 0.25) is 0 Å². The van der Waals surface area contributed by atoms with Crippen LogP contribution in [0, 0.1) is 3.57 Å². The Kier molecular flexibility index (Phi) is 2.32. The molecule has 2 aromatic rings. The number of aromatic amines is 1. The summed E-state index contributed by atoms with van der Waals surface area (Å²) in [6, 6.07) is 7.32. The lowest BCUT2D eigenvalue weighted by Crippen LogP contribution is -2.14. The summed E-state index contributed by atoms with van der Waals surface area (Å²) in [6.07, 6.45) is 1.27. The molecule has 0 unspecified atom stereocenters. The van der Waals surface area contributed by atoms with Crippen LogP contribution in [0.4, 0.5) is 0 Å². The van der Waals surface area contributed by atoms with Gasteiger partial charge in [0.1, 0.15) is 0 Å². The molecule has 0 spiro atoms. The Balaban J connectivity index is 2.66. The number of hydrogen-bond acceptors (Lipinski definition) is 2. The molecule has 2 N–H and O–H groups in total. The predicted molar refractivity (Wildman–Crippen MR) is 60.8 cm³/mol. The number of aromatic nitrogens is 2. The van der Waals surface area contributed by atoms with Crippen molar-refractivity contribution in [2.45, 2.75) is 0 Å². The minimum atomic E-state index is -0.343. The van der Waals surface area contributed by atoms with Crippen LogP contribution in [0.15, 0.2) is 35.3 Å². The van der Waals surface area contributed by atoms with Gasteiger partial charge in [-0.05, 0) is 40.8 Å². The lowest BCUT2D eigenvalue weighted by molar-refractivity contribution is 0.441. The van der Waals surface area contributed by atoms with Crippen LogP contribution >= 0.6 is 22.6 Å². The number of aromatic hydroxyl groups is 1. The molecule has 1 aromatic carbocycles. The van der Waals surface area contributed by atoms with E-state index in [4.69, 9.17) is 0 Å². The summed E-state index contributed by atoms with van der Waals surface area (Å²) in [5.74, 6) is -0.0861. The zero-order valence-corrected chi connectivity index (χ0v) is 9.22. The number of nitrogens with zero attached hydrogens (tertiary/aromatic N) is 1. The zero-order chi connectivity index (χ0) is 10.1. The van der Waals surface area contributed by atoms with Crippen molar-refractivity contribution in [3.63, 3.8) is 0 Å². The summed E-state index contributed by atoms with van der Waals surface area (Å²) in [5, 5.41) is 9.40. The highest BCUT2D eigenvalue weighted by Crippen LogP contribution is 2.15. The van der Waals surface area contributed by atoms with Gasteiger partial charge in [0.2, 0.25) is 5.88 Å². The van der Waals surface area contributed by atoms with Crippen LogP contribution in [0.5, 0.6) is 5.88 Å². The fraction of sp³-hybridized carbons (Fsp3) is 0. The summed E-state index contributed by atoms with van der Waals surface area (Å²) in [4.78, 5) is 13.7. The highest BCUT2D eigenvalue weighted by atomic mass is 127. The minimum absolute atomic E-state index is 0.0861. The molecule has 0 saturated heterocycles. The second-order valence-electron chi connectivity index (χ2n) is 2.77. The third-order valence-corrected chi connectivity index (χ3v) is 2.49. The average molecular weight is 302 g/mol. The molecule has 2 rings (SSSR count). The van der Waals surface area contributed by atoms with Crippen LogP contribution in [0.25, 0.3) is 5.69 Å². The molecule has 72 valence electrons. The quantitative estimate of drug-likeness (QED) is 0.784. The first-order valence-electron chi connectivity index (χ1n) is 3.94. The maximum atomic E-state index is 11.3. The third kappa shape index (κ3) is 1.54. The Hall–Kier alpha value is -1.24. The van der Waals surface area contributed by atoms with Gasteiger partial charge in [-0.3, -0.25) is 0 Å². The second kappa shape index (κ2) is 3.49. The van der Waals surface area contributed by atoms with E-state index in [1.807, 2.05) is 18.2 Å². The molecule has 0 aliphatic carbocycles. The summed E-state index contributed by atoms with van der Waals surface area (Å²) >= 11 is 2.15. The number of hydrogen-bond donors (Lipinski definition) is 2. The molecule has 0 aliphatic heterocycles. The molecule has 5 heteroatoms. The van der Waals surface area contributed by atoms with Crippen molar-refractivity contribution in [1.82, 2.24) is 9.55 Å². The van der Waals surface area contributed by atoms with Crippen LogP contribution in [0.3, 0.4) is 0 Å². The largest absolute Gasteiger partial charge is 0.493 e. The molecule has 14 heavy (non-hydrogen) atoms. The Morgan fingerprint density at radius 2 is 2.21 bits per heavy atom. The van der Waals surface area contributed by atoms with E-state index in [0.717, 1.165) is 3.57 Å². The standard InChI is InChI=1S/C9H7IN2O2/c10-6-2-1-3-7(4-6)12-8(13)5-11-9(12)14/h1-5,13H,(H,11,14). The average Bonchev–Trinajstić information content (AvgIpc) is 2.46. The third-order valence-electron chi connectivity index (χ3n) is 1.82. The van der Waals surface area contributed by atoms with Gasteiger partial charge >= 0.3 is 5.69 Å². The minimum Gasteiger partial charge on any atom is -0.493 e. The molecule has 0 radical (unpaired) electrons. The van der Waals surface area contributed by atoms with Crippen molar-refractivity contribution in [1.29, 1.82) is 0 Å². The lowest BCUT2D eigenvalue weighted by Gasteiger charge is -2.02. The van der Waals surface area contributed by atoms with Crippen molar-refractivity contribution < 1.29 is 5.11 Å². The maximum absolute atomic E-state index is 11.3. The highest BCUT2D eigenvalue weighted by Gasteiger charge is 2.06. The molecular formula is C9H7IN2O2. The molecule has 0 saturated carbocycles. The summed E-state index contributed by atoms with van der Waals surface area (Å²) in [5.41, 5.74) is 0.310. The predicted octanol–water partition coefficient (Wildman–Crippen LogP) is 1.48. The lowest BCUT2D eigenvalue weighted by atomic mass is 10.3. The fourth-order valence-corrected chi connectivity index (χ4v) is 1.75. The number of H-pyrrole nitrogens is 1. The monoisotopic (exact) mass is 302 g/mol. The molecule has 1 aromatic heterocycles. The molecule has 0 amide bonds. The van der Waals surface area contributed by atoms with E-state index in [0.29, 0.717) is 5.69 Å². The molecule has 4 nitrogen and oxygen atoms in total. The van der Waals surface area contributed by atoms with Gasteiger partial charge in [-0.1, -0.05) is 6.07 Å². The van der Waals surface area contributed by atoms with Gasteiger partial charge < -0.3 is 10.1 Å². The number of rotatable bonds is 1. The van der Waals surface area contributed by atoms with Gasteiger partial charge in [0.15, 0.2) is 0 Å². The van der Waals surface area contributed by atoms with Crippen LogP contribution < -0.4 is 5.69 Å². The maximum Gasteiger partial charge on any atom is 0.333 e. The van der Waals surface area contributed by atoms with Crippen molar-refractivity contribution in [3.05, 3.63) is 44.5 Å². The molecule has 0 bridgehead atoms. The van der Waals surface area contributed by atoms with Gasteiger partial charge in [0.05, 0.1) is 11.9 Å². The number of benzene rings is 1. The first-order valence-corrected chi connectivity index (χ1v) is 5.02. The van der Waals surface area contributed by atoms with Crippen LogP contribution in [-0.2, 0) is 0 Å². The van der Waals surface area contributed by atoms with E-state index in [2.05, 4.69) is 27.6 Å². The Morgan fingerprint density at radius 1 is 1.43 bits per heavy atom. The van der Waals surface area contributed by atoms with Gasteiger partial charge in [-0.2, -0.15) is 0 Å². The summed E-state index contributed by atoms with van der Waals surface area (Å²) in [7, 11) is 0. The number of nitrogens with one attached hydrogen (secondary N) is 1. The number of halogens is 1. The van der Waals surface area contributed by atoms with Gasteiger partial charge in [0, 0.05) is 3.57 Å². The number of imidazole rings is 1. The zero-order valence-electron chi connectivity index (χ0n) is 7.07. The van der Waals surface area contributed by atoms with E-state index in [1.54, 1.807) is 6.07 Å². The Bertz CT molecular complexity index is 516. The van der Waals surface area contributed by atoms with Crippen molar-refractivity contribution in [2.24, 2.45) is 0 Å². The van der Waals surface area contributed by atoms with Gasteiger partial charge in [-0.25, -0.2) is 9.36 Å². The van der Waals surface area contributed by atoms with E-state index in [9.17, 15) is 9.90 Å². The van der Waals surface area contributed by atoms with E-state index in [-0.39, 0.29) is 11.6 Å². The first kappa shape index (κ1) is 9.32. The van der Waals surface area contributed by atoms with Gasteiger partial charge in [-0.15, -0.1) is 0 Å². The molecule has 1 heterocycles. The normalized spacial score (nSPS) is 10.4. The molecule has 0 atom stereocenters. The van der Waals surface area contributed by atoms with Crippen molar-refractivity contribution in [2.75, 3.05) is 0 Å². The van der Waals surface area contributed by atoms with E-state index in [1.165, 1.54) is 10.8 Å².